The third-order valence-corrected chi connectivity index (χ3v) is 5.21. The Morgan fingerprint density at radius 3 is 2.74 bits per heavy atom. The van der Waals surface area contributed by atoms with Crippen LogP contribution in [0.3, 0.4) is 0 Å². The first-order valence-electron chi connectivity index (χ1n) is 6.55. The van der Waals surface area contributed by atoms with Gasteiger partial charge in [-0.3, -0.25) is 4.79 Å². The van der Waals surface area contributed by atoms with Crippen LogP contribution >= 0.6 is 0 Å². The van der Waals surface area contributed by atoms with E-state index in [9.17, 15) is 13.2 Å². The SMILES string of the molecule is C#CCN(C(=O)C(C)CCCN)C1CCS(=O)(=O)C1. The van der Waals surface area contributed by atoms with Gasteiger partial charge in [-0.25, -0.2) is 8.42 Å². The van der Waals surface area contributed by atoms with Crippen molar-refractivity contribution in [2.24, 2.45) is 11.7 Å². The molecule has 1 saturated heterocycles. The Labute approximate surface area is 115 Å². The largest absolute Gasteiger partial charge is 0.330 e. The first kappa shape index (κ1) is 16.0. The Morgan fingerprint density at radius 1 is 1.58 bits per heavy atom. The number of amides is 1. The van der Waals surface area contributed by atoms with Crippen LogP contribution in [0.4, 0.5) is 0 Å². The molecule has 1 aliphatic rings. The normalized spacial score (nSPS) is 22.7. The molecule has 1 fully saturated rings. The zero-order chi connectivity index (χ0) is 14.5. The second kappa shape index (κ2) is 6.92. The summed E-state index contributed by atoms with van der Waals surface area (Å²) in [6.07, 6.45) is 7.26. The van der Waals surface area contributed by atoms with Crippen LogP contribution in [0.1, 0.15) is 26.2 Å². The maximum Gasteiger partial charge on any atom is 0.226 e. The predicted octanol–water partition coefficient (Wildman–Crippen LogP) is 0.0103. The fraction of sp³-hybridized carbons (Fsp3) is 0.769. The number of carbonyl (C=O) groups excluding carboxylic acids is 1. The van der Waals surface area contributed by atoms with Crippen molar-refractivity contribution in [2.75, 3.05) is 24.6 Å². The van der Waals surface area contributed by atoms with Gasteiger partial charge in [0.1, 0.15) is 0 Å². The molecule has 2 N–H and O–H groups in total. The second-order valence-electron chi connectivity index (χ2n) is 5.06. The highest BCUT2D eigenvalue weighted by atomic mass is 32.2. The van der Waals surface area contributed by atoms with E-state index < -0.39 is 9.84 Å². The first-order chi connectivity index (χ1) is 8.91. The summed E-state index contributed by atoms with van der Waals surface area (Å²) in [4.78, 5) is 13.9. The minimum atomic E-state index is -3.02. The predicted molar refractivity (Wildman–Crippen MR) is 75.1 cm³/mol. The molecule has 0 bridgehead atoms. The fourth-order valence-electron chi connectivity index (χ4n) is 2.34. The van der Waals surface area contributed by atoms with Crippen LogP contribution in [-0.4, -0.2) is 49.9 Å². The summed E-state index contributed by atoms with van der Waals surface area (Å²) in [5.74, 6) is 2.40. The van der Waals surface area contributed by atoms with E-state index in [0.29, 0.717) is 19.4 Å². The standard InChI is InChI=1S/C13H22N2O3S/c1-3-8-15(12-6-9-19(17,18)10-12)13(16)11(2)5-4-7-14/h1,11-12H,4-10,14H2,2H3. The van der Waals surface area contributed by atoms with Gasteiger partial charge in [0.15, 0.2) is 9.84 Å². The Bertz CT molecular complexity index is 453. The molecule has 2 atom stereocenters. The molecule has 0 radical (unpaired) electrons. The van der Waals surface area contributed by atoms with Gasteiger partial charge in [0.05, 0.1) is 18.1 Å². The molecule has 0 aromatic carbocycles. The number of hydrogen-bond donors (Lipinski definition) is 1. The van der Waals surface area contributed by atoms with Crippen molar-refractivity contribution >= 4 is 15.7 Å². The quantitative estimate of drug-likeness (QED) is 0.698. The van der Waals surface area contributed by atoms with Crippen LogP contribution in [0.25, 0.3) is 0 Å². The molecule has 19 heavy (non-hydrogen) atoms. The minimum Gasteiger partial charge on any atom is -0.330 e. The summed E-state index contributed by atoms with van der Waals surface area (Å²) < 4.78 is 23.0. The lowest BCUT2D eigenvalue weighted by molar-refractivity contribution is -0.136. The van der Waals surface area contributed by atoms with Crippen molar-refractivity contribution in [2.45, 2.75) is 32.2 Å². The van der Waals surface area contributed by atoms with Crippen LogP contribution in [0.15, 0.2) is 0 Å². The monoisotopic (exact) mass is 286 g/mol. The number of terminal acetylenes is 1. The highest BCUT2D eigenvalue weighted by molar-refractivity contribution is 7.91. The van der Waals surface area contributed by atoms with Crippen LogP contribution in [0.5, 0.6) is 0 Å². The summed E-state index contributed by atoms with van der Waals surface area (Å²) >= 11 is 0. The highest BCUT2D eigenvalue weighted by Crippen LogP contribution is 2.20. The van der Waals surface area contributed by atoms with Crippen molar-refractivity contribution in [3.8, 4) is 12.3 Å². The van der Waals surface area contributed by atoms with Crippen molar-refractivity contribution in [1.82, 2.24) is 4.90 Å². The maximum atomic E-state index is 12.3. The molecule has 1 rings (SSSR count). The van der Waals surface area contributed by atoms with Gasteiger partial charge in [-0.1, -0.05) is 12.8 Å². The van der Waals surface area contributed by atoms with Gasteiger partial charge >= 0.3 is 0 Å². The summed E-state index contributed by atoms with van der Waals surface area (Å²) in [7, 11) is -3.02. The molecule has 0 aromatic rings. The van der Waals surface area contributed by atoms with Crippen LogP contribution < -0.4 is 5.73 Å². The molecule has 108 valence electrons. The van der Waals surface area contributed by atoms with Gasteiger partial charge in [-0.2, -0.15) is 0 Å². The summed E-state index contributed by atoms with van der Waals surface area (Å²) in [5, 5.41) is 0. The van der Waals surface area contributed by atoms with E-state index in [1.54, 1.807) is 4.90 Å². The van der Waals surface area contributed by atoms with Crippen LogP contribution in [-0.2, 0) is 14.6 Å². The van der Waals surface area contributed by atoms with Crippen LogP contribution in [0, 0.1) is 18.3 Å². The van der Waals surface area contributed by atoms with Gasteiger partial charge in [0.25, 0.3) is 0 Å². The average molecular weight is 286 g/mol. The van der Waals surface area contributed by atoms with E-state index >= 15 is 0 Å². The van der Waals surface area contributed by atoms with Gasteiger partial charge in [-0.15, -0.1) is 6.42 Å². The molecule has 0 aromatic heterocycles. The molecule has 0 aliphatic carbocycles. The Kier molecular flexibility index (Phi) is 5.83. The van der Waals surface area contributed by atoms with Gasteiger partial charge in [0.2, 0.25) is 5.91 Å². The van der Waals surface area contributed by atoms with E-state index in [-0.39, 0.29) is 35.9 Å². The molecular formula is C13H22N2O3S. The molecular weight excluding hydrogens is 264 g/mol. The lowest BCUT2D eigenvalue weighted by atomic mass is 10.0. The highest BCUT2D eigenvalue weighted by Gasteiger charge is 2.35. The van der Waals surface area contributed by atoms with Crippen molar-refractivity contribution < 1.29 is 13.2 Å². The van der Waals surface area contributed by atoms with Crippen molar-refractivity contribution in [3.63, 3.8) is 0 Å². The van der Waals surface area contributed by atoms with E-state index in [2.05, 4.69) is 5.92 Å². The lowest BCUT2D eigenvalue weighted by Crippen LogP contribution is -2.44. The van der Waals surface area contributed by atoms with Crippen molar-refractivity contribution in [1.29, 1.82) is 0 Å². The van der Waals surface area contributed by atoms with Gasteiger partial charge in [0, 0.05) is 12.0 Å². The summed E-state index contributed by atoms with van der Waals surface area (Å²) in [6, 6.07) is -0.270. The Hall–Kier alpha value is -1.06. The molecule has 1 aliphatic heterocycles. The smallest absolute Gasteiger partial charge is 0.226 e. The number of hydrogen-bond acceptors (Lipinski definition) is 4. The third-order valence-electron chi connectivity index (χ3n) is 3.46. The third kappa shape index (κ3) is 4.51. The Morgan fingerprint density at radius 2 is 2.26 bits per heavy atom. The molecule has 5 nitrogen and oxygen atoms in total. The van der Waals surface area contributed by atoms with Crippen LogP contribution in [0.2, 0.25) is 0 Å². The molecule has 1 heterocycles. The minimum absolute atomic E-state index is 0.0318. The molecule has 0 saturated carbocycles. The van der Waals surface area contributed by atoms with Crippen molar-refractivity contribution in [3.05, 3.63) is 0 Å². The number of carbonyl (C=O) groups is 1. The Balaban J connectivity index is 2.72. The molecule has 0 spiro atoms. The summed E-state index contributed by atoms with van der Waals surface area (Å²) in [5.41, 5.74) is 5.43. The number of nitrogens with zero attached hydrogens (tertiary/aromatic N) is 1. The number of nitrogens with two attached hydrogens (primary N) is 1. The zero-order valence-corrected chi connectivity index (χ0v) is 12.2. The topological polar surface area (TPSA) is 80.5 Å². The van der Waals surface area contributed by atoms with Gasteiger partial charge in [-0.05, 0) is 25.8 Å². The molecule has 1 amide bonds. The second-order valence-corrected chi connectivity index (χ2v) is 7.29. The molecule has 6 heteroatoms. The lowest BCUT2D eigenvalue weighted by Gasteiger charge is -2.29. The number of rotatable bonds is 6. The first-order valence-corrected chi connectivity index (χ1v) is 8.38. The maximum absolute atomic E-state index is 12.3. The number of sulfone groups is 1. The van der Waals surface area contributed by atoms with Gasteiger partial charge < -0.3 is 10.6 Å². The van der Waals surface area contributed by atoms with E-state index in [0.717, 1.165) is 6.42 Å². The van der Waals surface area contributed by atoms with E-state index in [1.807, 2.05) is 6.92 Å². The molecule has 2 unspecified atom stereocenters. The fourth-order valence-corrected chi connectivity index (χ4v) is 4.07. The average Bonchev–Trinajstić information content (AvgIpc) is 2.72. The summed E-state index contributed by atoms with van der Waals surface area (Å²) in [6.45, 7) is 2.56. The van der Waals surface area contributed by atoms with E-state index in [4.69, 9.17) is 12.2 Å². The van der Waals surface area contributed by atoms with E-state index in [1.165, 1.54) is 0 Å². The zero-order valence-electron chi connectivity index (χ0n) is 11.3.